The number of fused-ring (bicyclic) bond motifs is 1. The van der Waals surface area contributed by atoms with E-state index in [0.29, 0.717) is 0 Å². The molecule has 0 aliphatic carbocycles. The van der Waals surface area contributed by atoms with Crippen LogP contribution >= 0.6 is 0 Å². The van der Waals surface area contributed by atoms with Crippen molar-refractivity contribution >= 4 is 10.8 Å². The number of benzene rings is 3. The SMILES string of the molecule is NNC(Cc1ccccc1)c1cccc2ccccc12. The van der Waals surface area contributed by atoms with Gasteiger partial charge in [-0.25, -0.2) is 0 Å². The molecule has 1 atom stereocenters. The van der Waals surface area contributed by atoms with Crippen LogP contribution in [0.4, 0.5) is 0 Å². The molecule has 0 saturated heterocycles. The first-order chi connectivity index (χ1) is 9.88. The molecule has 0 bridgehead atoms. The molecule has 0 aromatic heterocycles. The Bertz CT molecular complexity index is 687. The molecule has 0 heterocycles. The van der Waals surface area contributed by atoms with E-state index in [2.05, 4.69) is 72.2 Å². The minimum absolute atomic E-state index is 0.114. The van der Waals surface area contributed by atoms with Crippen molar-refractivity contribution < 1.29 is 0 Å². The van der Waals surface area contributed by atoms with E-state index in [0.717, 1.165) is 6.42 Å². The normalized spacial score (nSPS) is 12.4. The minimum Gasteiger partial charge on any atom is -0.271 e. The van der Waals surface area contributed by atoms with Gasteiger partial charge in [0.05, 0.1) is 6.04 Å². The molecule has 0 amide bonds. The van der Waals surface area contributed by atoms with Gasteiger partial charge in [-0.3, -0.25) is 11.3 Å². The highest BCUT2D eigenvalue weighted by Gasteiger charge is 2.13. The van der Waals surface area contributed by atoms with Gasteiger partial charge in [-0.2, -0.15) is 0 Å². The molecule has 2 heteroatoms. The Morgan fingerprint density at radius 2 is 1.50 bits per heavy atom. The predicted molar refractivity (Wildman–Crippen MR) is 84.2 cm³/mol. The zero-order valence-electron chi connectivity index (χ0n) is 11.3. The molecule has 0 spiro atoms. The summed E-state index contributed by atoms with van der Waals surface area (Å²) < 4.78 is 0. The van der Waals surface area contributed by atoms with Crippen LogP contribution in [0, 0.1) is 0 Å². The van der Waals surface area contributed by atoms with Crippen LogP contribution in [0.1, 0.15) is 17.2 Å². The summed E-state index contributed by atoms with van der Waals surface area (Å²) in [7, 11) is 0. The van der Waals surface area contributed by atoms with Crippen LogP contribution < -0.4 is 11.3 Å². The number of nitrogens with two attached hydrogens (primary N) is 1. The molecular weight excluding hydrogens is 244 g/mol. The first-order valence-electron chi connectivity index (χ1n) is 6.86. The fraction of sp³-hybridized carbons (Fsp3) is 0.111. The van der Waals surface area contributed by atoms with Gasteiger partial charge >= 0.3 is 0 Å². The fourth-order valence-electron chi connectivity index (χ4n) is 2.66. The van der Waals surface area contributed by atoms with Crippen molar-refractivity contribution in [2.45, 2.75) is 12.5 Å². The van der Waals surface area contributed by atoms with E-state index >= 15 is 0 Å². The average Bonchev–Trinajstić information content (AvgIpc) is 2.53. The van der Waals surface area contributed by atoms with Gasteiger partial charge in [0.1, 0.15) is 0 Å². The molecule has 3 aromatic rings. The number of hydrogen-bond acceptors (Lipinski definition) is 2. The lowest BCUT2D eigenvalue weighted by molar-refractivity contribution is 0.555. The van der Waals surface area contributed by atoms with Gasteiger partial charge in [-0.05, 0) is 28.3 Å². The summed E-state index contributed by atoms with van der Waals surface area (Å²) in [5, 5.41) is 2.51. The number of hydrazine groups is 1. The van der Waals surface area contributed by atoms with Gasteiger partial charge in [0.15, 0.2) is 0 Å². The van der Waals surface area contributed by atoms with Crippen LogP contribution in [0.3, 0.4) is 0 Å². The van der Waals surface area contributed by atoms with E-state index in [4.69, 9.17) is 5.84 Å². The Labute approximate surface area is 119 Å². The maximum Gasteiger partial charge on any atom is 0.0506 e. The third-order valence-electron chi connectivity index (χ3n) is 3.68. The lowest BCUT2D eigenvalue weighted by Gasteiger charge is -2.18. The van der Waals surface area contributed by atoms with Gasteiger partial charge in [-0.1, -0.05) is 72.8 Å². The molecule has 2 nitrogen and oxygen atoms in total. The van der Waals surface area contributed by atoms with Crippen molar-refractivity contribution in [2.75, 3.05) is 0 Å². The molecule has 3 aromatic carbocycles. The lowest BCUT2D eigenvalue weighted by Crippen LogP contribution is -2.29. The average molecular weight is 262 g/mol. The molecule has 1 unspecified atom stereocenters. The smallest absolute Gasteiger partial charge is 0.0506 e. The lowest BCUT2D eigenvalue weighted by atomic mass is 9.94. The van der Waals surface area contributed by atoms with Gasteiger partial charge in [0.25, 0.3) is 0 Å². The maximum absolute atomic E-state index is 5.79. The van der Waals surface area contributed by atoms with Crippen molar-refractivity contribution in [1.82, 2.24) is 5.43 Å². The molecule has 0 aliphatic heterocycles. The summed E-state index contributed by atoms with van der Waals surface area (Å²) in [6.45, 7) is 0. The van der Waals surface area contributed by atoms with E-state index in [9.17, 15) is 0 Å². The number of rotatable bonds is 4. The molecular formula is C18H18N2. The Hall–Kier alpha value is -2.16. The third-order valence-corrected chi connectivity index (χ3v) is 3.68. The Balaban J connectivity index is 1.99. The first kappa shape index (κ1) is 12.9. The fourth-order valence-corrected chi connectivity index (χ4v) is 2.66. The molecule has 0 fully saturated rings. The summed E-state index contributed by atoms with van der Waals surface area (Å²) in [5.41, 5.74) is 5.48. The van der Waals surface area contributed by atoms with Crippen molar-refractivity contribution in [3.8, 4) is 0 Å². The van der Waals surface area contributed by atoms with Crippen LogP contribution in [0.5, 0.6) is 0 Å². The van der Waals surface area contributed by atoms with Crippen LogP contribution in [0.15, 0.2) is 72.8 Å². The number of nitrogens with one attached hydrogen (secondary N) is 1. The highest BCUT2D eigenvalue weighted by molar-refractivity contribution is 5.86. The Morgan fingerprint density at radius 1 is 0.800 bits per heavy atom. The highest BCUT2D eigenvalue weighted by atomic mass is 15.2. The molecule has 20 heavy (non-hydrogen) atoms. The molecule has 0 aliphatic rings. The second kappa shape index (κ2) is 5.87. The predicted octanol–water partition coefficient (Wildman–Crippen LogP) is 3.59. The second-order valence-electron chi connectivity index (χ2n) is 4.98. The van der Waals surface area contributed by atoms with Gasteiger partial charge in [0, 0.05) is 0 Å². The highest BCUT2D eigenvalue weighted by Crippen LogP contribution is 2.26. The summed E-state index contributed by atoms with van der Waals surface area (Å²) >= 11 is 0. The Morgan fingerprint density at radius 3 is 2.30 bits per heavy atom. The van der Waals surface area contributed by atoms with Crippen LogP contribution in [0.2, 0.25) is 0 Å². The standard InChI is InChI=1S/C18H18N2/c19-20-18(13-14-7-2-1-3-8-14)17-12-6-10-15-9-4-5-11-16(15)17/h1-12,18,20H,13,19H2. The molecule has 3 rings (SSSR count). The van der Waals surface area contributed by atoms with E-state index in [1.807, 2.05) is 6.07 Å². The van der Waals surface area contributed by atoms with Gasteiger partial charge < -0.3 is 0 Å². The summed E-state index contributed by atoms with van der Waals surface area (Å²) in [6, 6.07) is 25.3. The van der Waals surface area contributed by atoms with Crippen LogP contribution in [0.25, 0.3) is 10.8 Å². The zero-order chi connectivity index (χ0) is 13.8. The second-order valence-corrected chi connectivity index (χ2v) is 4.98. The molecule has 0 radical (unpaired) electrons. The van der Waals surface area contributed by atoms with E-state index < -0.39 is 0 Å². The van der Waals surface area contributed by atoms with Crippen LogP contribution in [-0.2, 0) is 6.42 Å². The van der Waals surface area contributed by atoms with E-state index in [1.165, 1.54) is 21.9 Å². The van der Waals surface area contributed by atoms with Crippen molar-refractivity contribution in [3.05, 3.63) is 83.9 Å². The van der Waals surface area contributed by atoms with Gasteiger partial charge in [0.2, 0.25) is 0 Å². The quantitative estimate of drug-likeness (QED) is 0.557. The van der Waals surface area contributed by atoms with Crippen molar-refractivity contribution in [2.24, 2.45) is 5.84 Å². The summed E-state index contributed by atoms with van der Waals surface area (Å²) in [4.78, 5) is 0. The molecule has 100 valence electrons. The van der Waals surface area contributed by atoms with Crippen molar-refractivity contribution in [3.63, 3.8) is 0 Å². The zero-order valence-corrected chi connectivity index (χ0v) is 11.3. The van der Waals surface area contributed by atoms with E-state index in [-0.39, 0.29) is 6.04 Å². The summed E-state index contributed by atoms with van der Waals surface area (Å²) in [5.74, 6) is 5.79. The summed E-state index contributed by atoms with van der Waals surface area (Å²) in [6.07, 6.45) is 0.880. The van der Waals surface area contributed by atoms with E-state index in [1.54, 1.807) is 0 Å². The molecule has 0 saturated carbocycles. The first-order valence-corrected chi connectivity index (χ1v) is 6.86. The van der Waals surface area contributed by atoms with Crippen LogP contribution in [-0.4, -0.2) is 0 Å². The third kappa shape index (κ3) is 2.57. The Kier molecular flexibility index (Phi) is 3.77. The largest absolute Gasteiger partial charge is 0.271 e. The minimum atomic E-state index is 0.114. The molecule has 3 N–H and O–H groups in total. The monoisotopic (exact) mass is 262 g/mol. The van der Waals surface area contributed by atoms with Gasteiger partial charge in [-0.15, -0.1) is 0 Å². The van der Waals surface area contributed by atoms with Crippen molar-refractivity contribution in [1.29, 1.82) is 0 Å². The topological polar surface area (TPSA) is 38.0 Å². The maximum atomic E-state index is 5.79. The number of hydrogen-bond donors (Lipinski definition) is 2.